The summed E-state index contributed by atoms with van der Waals surface area (Å²) >= 11 is 0. The van der Waals surface area contributed by atoms with Crippen LogP contribution in [0.1, 0.15) is 51.4 Å². The molecule has 0 radical (unpaired) electrons. The van der Waals surface area contributed by atoms with E-state index < -0.39 is 5.92 Å². The third-order valence-electron chi connectivity index (χ3n) is 3.17. The minimum atomic E-state index is -2.56. The van der Waals surface area contributed by atoms with E-state index in [4.69, 9.17) is 0 Å². The number of carbonyl (C=O) groups excluding carboxylic acids is 2. The maximum atomic E-state index is 12.8. The van der Waals surface area contributed by atoms with Crippen molar-refractivity contribution in [3.63, 3.8) is 0 Å². The van der Waals surface area contributed by atoms with Crippen molar-refractivity contribution in [2.75, 3.05) is 0 Å². The topological polar surface area (TPSA) is 34.1 Å². The van der Waals surface area contributed by atoms with Gasteiger partial charge >= 0.3 is 0 Å². The molecular weight excluding hydrogens is 214 g/mol. The van der Waals surface area contributed by atoms with Gasteiger partial charge in [-0.15, -0.1) is 0 Å². The summed E-state index contributed by atoms with van der Waals surface area (Å²) in [7, 11) is 0. The second kappa shape index (κ2) is 6.06. The summed E-state index contributed by atoms with van der Waals surface area (Å²) in [5, 5.41) is 0. The zero-order chi connectivity index (χ0) is 12.0. The summed E-state index contributed by atoms with van der Waals surface area (Å²) in [6, 6.07) is 0. The molecule has 0 aromatic rings. The Balaban J connectivity index is 2.20. The molecule has 2 nitrogen and oxygen atoms in total. The fourth-order valence-electron chi connectivity index (χ4n) is 2.09. The molecule has 4 heteroatoms. The largest absolute Gasteiger partial charge is 0.303 e. The predicted molar refractivity (Wildman–Crippen MR) is 56.4 cm³/mol. The standard InChI is InChI=1S/C12H18F2O2/c13-12(14)7-5-10(6-8-12)11(16)4-2-1-3-9-15/h9-10H,1-8H2. The first-order valence-electron chi connectivity index (χ1n) is 5.89. The minimum absolute atomic E-state index is 0.0985. The molecule has 0 atom stereocenters. The number of hydrogen-bond donors (Lipinski definition) is 0. The molecule has 0 N–H and O–H groups in total. The van der Waals surface area contributed by atoms with Crippen LogP contribution in [0.25, 0.3) is 0 Å². The minimum Gasteiger partial charge on any atom is -0.303 e. The maximum absolute atomic E-state index is 12.8. The van der Waals surface area contributed by atoms with Crippen molar-refractivity contribution < 1.29 is 18.4 Å². The van der Waals surface area contributed by atoms with Crippen LogP contribution in [-0.4, -0.2) is 18.0 Å². The average Bonchev–Trinajstić information content (AvgIpc) is 2.24. The second-order valence-electron chi connectivity index (χ2n) is 4.51. The SMILES string of the molecule is O=CCCCCC(=O)C1CCC(F)(F)CC1. The summed E-state index contributed by atoms with van der Waals surface area (Å²) < 4.78 is 25.7. The van der Waals surface area contributed by atoms with Gasteiger partial charge in [0.05, 0.1) is 0 Å². The summed E-state index contributed by atoms with van der Waals surface area (Å²) in [5.41, 5.74) is 0. The van der Waals surface area contributed by atoms with Crippen molar-refractivity contribution in [3.8, 4) is 0 Å². The number of carbonyl (C=O) groups is 2. The molecule has 1 rings (SSSR count). The van der Waals surface area contributed by atoms with Crippen LogP contribution in [-0.2, 0) is 9.59 Å². The fraction of sp³-hybridized carbons (Fsp3) is 0.833. The summed E-state index contributed by atoms with van der Waals surface area (Å²) in [5.74, 6) is -2.63. The molecular formula is C12H18F2O2. The van der Waals surface area contributed by atoms with Crippen LogP contribution in [0.15, 0.2) is 0 Å². The van der Waals surface area contributed by atoms with Crippen molar-refractivity contribution in [1.29, 1.82) is 0 Å². The Hall–Kier alpha value is -0.800. The average molecular weight is 232 g/mol. The third kappa shape index (κ3) is 4.37. The second-order valence-corrected chi connectivity index (χ2v) is 4.51. The van der Waals surface area contributed by atoms with Gasteiger partial charge in [0, 0.05) is 31.6 Å². The highest BCUT2D eigenvalue weighted by molar-refractivity contribution is 5.81. The third-order valence-corrected chi connectivity index (χ3v) is 3.17. The molecule has 1 aliphatic carbocycles. The van der Waals surface area contributed by atoms with Crippen molar-refractivity contribution in [2.45, 2.75) is 57.3 Å². The first-order chi connectivity index (χ1) is 7.55. The number of halogens is 2. The molecule has 16 heavy (non-hydrogen) atoms. The maximum Gasteiger partial charge on any atom is 0.248 e. The highest BCUT2D eigenvalue weighted by atomic mass is 19.3. The van der Waals surface area contributed by atoms with E-state index in [1.165, 1.54) is 0 Å². The molecule has 1 aliphatic rings. The molecule has 0 aliphatic heterocycles. The molecule has 1 saturated carbocycles. The van der Waals surface area contributed by atoms with Gasteiger partial charge in [-0.1, -0.05) is 0 Å². The van der Waals surface area contributed by atoms with E-state index in [-0.39, 0.29) is 24.5 Å². The lowest BCUT2D eigenvalue weighted by Crippen LogP contribution is -2.28. The first-order valence-corrected chi connectivity index (χ1v) is 5.89. The monoisotopic (exact) mass is 232 g/mol. The van der Waals surface area contributed by atoms with Gasteiger partial charge in [0.1, 0.15) is 12.1 Å². The molecule has 0 aromatic heterocycles. The summed E-state index contributed by atoms with van der Waals surface area (Å²) in [6.07, 6.45) is 3.50. The number of rotatable bonds is 6. The Kier molecular flexibility index (Phi) is 5.03. The molecule has 1 fully saturated rings. The number of Topliss-reactive ketones (excluding diaryl/α,β-unsaturated/α-hetero) is 1. The first kappa shape index (κ1) is 13.3. The van der Waals surface area contributed by atoms with E-state index in [1.54, 1.807) is 0 Å². The number of hydrogen-bond acceptors (Lipinski definition) is 2. The normalized spacial score (nSPS) is 20.6. The van der Waals surface area contributed by atoms with Crippen LogP contribution in [0, 0.1) is 5.92 Å². The molecule has 0 saturated heterocycles. The lowest BCUT2D eigenvalue weighted by atomic mass is 9.83. The predicted octanol–water partition coefficient (Wildman–Crippen LogP) is 3.14. The number of unbranched alkanes of at least 4 members (excludes halogenated alkanes) is 2. The molecule has 0 spiro atoms. The Labute approximate surface area is 94.4 Å². The molecule has 0 heterocycles. The number of aldehydes is 1. The molecule has 0 aromatic carbocycles. The van der Waals surface area contributed by atoms with E-state index in [9.17, 15) is 18.4 Å². The zero-order valence-electron chi connectivity index (χ0n) is 9.38. The quantitative estimate of drug-likeness (QED) is 0.520. The van der Waals surface area contributed by atoms with E-state index in [1.807, 2.05) is 0 Å². The Morgan fingerprint density at radius 2 is 1.88 bits per heavy atom. The van der Waals surface area contributed by atoms with Crippen LogP contribution in [0.5, 0.6) is 0 Å². The van der Waals surface area contributed by atoms with Gasteiger partial charge in [-0.05, 0) is 25.7 Å². The fourth-order valence-corrected chi connectivity index (χ4v) is 2.09. The number of ketones is 1. The van der Waals surface area contributed by atoms with E-state index in [0.717, 1.165) is 12.7 Å². The Bertz CT molecular complexity index is 241. The van der Waals surface area contributed by atoms with Gasteiger partial charge in [-0.2, -0.15) is 0 Å². The number of alkyl halides is 2. The molecule has 0 bridgehead atoms. The Morgan fingerprint density at radius 3 is 2.44 bits per heavy atom. The lowest BCUT2D eigenvalue weighted by molar-refractivity contribution is -0.127. The van der Waals surface area contributed by atoms with Gasteiger partial charge in [0.25, 0.3) is 0 Å². The van der Waals surface area contributed by atoms with E-state index in [0.29, 0.717) is 32.1 Å². The zero-order valence-corrected chi connectivity index (χ0v) is 9.38. The van der Waals surface area contributed by atoms with Crippen LogP contribution in [0.3, 0.4) is 0 Å². The van der Waals surface area contributed by atoms with E-state index in [2.05, 4.69) is 0 Å². The van der Waals surface area contributed by atoms with Crippen LogP contribution < -0.4 is 0 Å². The molecule has 92 valence electrons. The Morgan fingerprint density at radius 1 is 1.25 bits per heavy atom. The summed E-state index contributed by atoms with van der Waals surface area (Å²) in [6.45, 7) is 0. The molecule has 0 amide bonds. The van der Waals surface area contributed by atoms with Gasteiger partial charge in [-0.3, -0.25) is 4.79 Å². The highest BCUT2D eigenvalue weighted by Gasteiger charge is 2.36. The van der Waals surface area contributed by atoms with Crippen molar-refractivity contribution in [1.82, 2.24) is 0 Å². The lowest BCUT2D eigenvalue weighted by Gasteiger charge is -2.27. The van der Waals surface area contributed by atoms with Gasteiger partial charge in [-0.25, -0.2) is 8.78 Å². The van der Waals surface area contributed by atoms with Crippen molar-refractivity contribution >= 4 is 12.1 Å². The highest BCUT2D eigenvalue weighted by Crippen LogP contribution is 2.36. The van der Waals surface area contributed by atoms with Gasteiger partial charge < -0.3 is 4.79 Å². The molecule has 0 unspecified atom stereocenters. The van der Waals surface area contributed by atoms with Crippen LogP contribution in [0.4, 0.5) is 8.78 Å². The van der Waals surface area contributed by atoms with Crippen LogP contribution >= 0.6 is 0 Å². The van der Waals surface area contributed by atoms with Crippen molar-refractivity contribution in [3.05, 3.63) is 0 Å². The smallest absolute Gasteiger partial charge is 0.248 e. The van der Waals surface area contributed by atoms with E-state index >= 15 is 0 Å². The van der Waals surface area contributed by atoms with Crippen molar-refractivity contribution in [2.24, 2.45) is 5.92 Å². The van der Waals surface area contributed by atoms with Gasteiger partial charge in [0.2, 0.25) is 5.92 Å². The summed E-state index contributed by atoms with van der Waals surface area (Å²) in [4.78, 5) is 21.7. The van der Waals surface area contributed by atoms with Gasteiger partial charge in [0.15, 0.2) is 0 Å². The van der Waals surface area contributed by atoms with Crippen LogP contribution in [0.2, 0.25) is 0 Å².